The van der Waals surface area contributed by atoms with Crippen molar-refractivity contribution in [3.63, 3.8) is 0 Å². The first kappa shape index (κ1) is 17.3. The van der Waals surface area contributed by atoms with E-state index in [2.05, 4.69) is 17.9 Å². The van der Waals surface area contributed by atoms with E-state index >= 15 is 0 Å². The van der Waals surface area contributed by atoms with Crippen LogP contribution < -0.4 is 4.74 Å². The molecule has 132 valence electrons. The summed E-state index contributed by atoms with van der Waals surface area (Å²) < 4.78 is 11.3. The van der Waals surface area contributed by atoms with Crippen molar-refractivity contribution in [2.24, 2.45) is 11.3 Å². The number of hydrogen-bond acceptors (Lipinski definition) is 3. The van der Waals surface area contributed by atoms with Crippen LogP contribution in [0.4, 0.5) is 0 Å². The van der Waals surface area contributed by atoms with E-state index in [-0.39, 0.29) is 5.41 Å². The third-order valence-corrected chi connectivity index (χ3v) is 5.56. The second-order valence-electron chi connectivity index (χ2n) is 7.40. The molecule has 4 nitrogen and oxygen atoms in total. The molecular formula is C20H29NO3. The highest BCUT2D eigenvalue weighted by Crippen LogP contribution is 2.43. The second kappa shape index (κ2) is 7.56. The van der Waals surface area contributed by atoms with E-state index in [4.69, 9.17) is 9.47 Å². The van der Waals surface area contributed by atoms with Crippen LogP contribution in [0.1, 0.15) is 37.7 Å². The molecule has 1 aliphatic heterocycles. The Kier molecular flexibility index (Phi) is 5.44. The number of ether oxygens (including phenoxy) is 2. The zero-order valence-corrected chi connectivity index (χ0v) is 14.9. The first-order valence-electron chi connectivity index (χ1n) is 9.11. The summed E-state index contributed by atoms with van der Waals surface area (Å²) in [4.78, 5) is 15.0. The number of amides is 1. The van der Waals surface area contributed by atoms with E-state index in [9.17, 15) is 4.79 Å². The highest BCUT2D eigenvalue weighted by molar-refractivity contribution is 5.84. The van der Waals surface area contributed by atoms with Gasteiger partial charge in [0.25, 0.3) is 0 Å². The molecule has 0 unspecified atom stereocenters. The van der Waals surface area contributed by atoms with Crippen molar-refractivity contribution >= 4 is 5.91 Å². The third-order valence-electron chi connectivity index (χ3n) is 5.56. The molecule has 0 N–H and O–H groups in total. The van der Waals surface area contributed by atoms with E-state index in [1.54, 1.807) is 7.11 Å². The fourth-order valence-electron chi connectivity index (χ4n) is 3.95. The summed E-state index contributed by atoms with van der Waals surface area (Å²) >= 11 is 0. The Bertz CT molecular complexity index is 568. The zero-order chi connectivity index (χ0) is 17.0. The number of aryl methyl sites for hydroxylation is 1. The SMILES string of the molecule is COCC1(C(=O)N2CCC[C@H](COc3ccccc3C)C2)CCC1. The molecule has 0 spiro atoms. The van der Waals surface area contributed by atoms with Crippen LogP contribution in [0.3, 0.4) is 0 Å². The fraction of sp³-hybridized carbons (Fsp3) is 0.650. The molecule has 1 saturated heterocycles. The maximum atomic E-state index is 13.0. The third kappa shape index (κ3) is 3.59. The van der Waals surface area contributed by atoms with Gasteiger partial charge in [-0.2, -0.15) is 0 Å². The fourth-order valence-corrected chi connectivity index (χ4v) is 3.95. The lowest BCUT2D eigenvalue weighted by molar-refractivity contribution is -0.154. The highest BCUT2D eigenvalue weighted by Gasteiger charge is 2.47. The van der Waals surface area contributed by atoms with Crippen molar-refractivity contribution < 1.29 is 14.3 Å². The number of rotatable bonds is 6. The molecule has 0 radical (unpaired) electrons. The summed E-state index contributed by atoms with van der Waals surface area (Å²) in [5, 5.41) is 0. The molecule has 1 aromatic carbocycles. The van der Waals surface area contributed by atoms with Crippen LogP contribution in [0.5, 0.6) is 5.75 Å². The van der Waals surface area contributed by atoms with E-state index in [0.29, 0.717) is 25.0 Å². The Morgan fingerprint density at radius 3 is 2.75 bits per heavy atom. The quantitative estimate of drug-likeness (QED) is 0.801. The molecule has 1 aromatic rings. The zero-order valence-electron chi connectivity index (χ0n) is 14.9. The molecule has 1 amide bonds. The van der Waals surface area contributed by atoms with Gasteiger partial charge in [0.05, 0.1) is 18.6 Å². The Morgan fingerprint density at radius 1 is 1.29 bits per heavy atom. The molecule has 1 aliphatic carbocycles. The van der Waals surface area contributed by atoms with Gasteiger partial charge in [-0.15, -0.1) is 0 Å². The maximum absolute atomic E-state index is 13.0. The van der Waals surface area contributed by atoms with Crippen molar-refractivity contribution in [3.05, 3.63) is 29.8 Å². The van der Waals surface area contributed by atoms with Crippen LogP contribution >= 0.6 is 0 Å². The number of likely N-dealkylation sites (tertiary alicyclic amines) is 1. The van der Waals surface area contributed by atoms with Crippen molar-refractivity contribution in [3.8, 4) is 5.75 Å². The normalized spacial score (nSPS) is 22.8. The van der Waals surface area contributed by atoms with Gasteiger partial charge in [-0.1, -0.05) is 24.6 Å². The van der Waals surface area contributed by atoms with Crippen LogP contribution in [0.2, 0.25) is 0 Å². The molecule has 24 heavy (non-hydrogen) atoms. The summed E-state index contributed by atoms with van der Waals surface area (Å²) in [6.07, 6.45) is 5.29. The lowest BCUT2D eigenvalue weighted by Crippen LogP contribution is -2.53. The number of piperidine rings is 1. The lowest BCUT2D eigenvalue weighted by Gasteiger charge is -2.45. The van der Waals surface area contributed by atoms with E-state index in [0.717, 1.165) is 56.5 Å². The number of nitrogens with zero attached hydrogens (tertiary/aromatic N) is 1. The molecule has 1 atom stereocenters. The predicted molar refractivity (Wildman–Crippen MR) is 94.1 cm³/mol. The minimum Gasteiger partial charge on any atom is -0.493 e. The largest absolute Gasteiger partial charge is 0.493 e. The molecule has 1 saturated carbocycles. The maximum Gasteiger partial charge on any atom is 0.231 e. The summed E-state index contributed by atoms with van der Waals surface area (Å²) in [6, 6.07) is 8.11. The Hall–Kier alpha value is -1.55. The number of methoxy groups -OCH3 is 1. The Morgan fingerprint density at radius 2 is 2.08 bits per heavy atom. The molecule has 3 rings (SSSR count). The number of para-hydroxylation sites is 1. The van der Waals surface area contributed by atoms with Crippen molar-refractivity contribution in [2.45, 2.75) is 39.0 Å². The number of carbonyl (C=O) groups is 1. The number of benzene rings is 1. The number of hydrogen-bond donors (Lipinski definition) is 0. The van der Waals surface area contributed by atoms with Gasteiger partial charge in [0.15, 0.2) is 0 Å². The van der Waals surface area contributed by atoms with Gasteiger partial charge in [0.2, 0.25) is 5.91 Å². The van der Waals surface area contributed by atoms with Crippen LogP contribution in [0, 0.1) is 18.3 Å². The molecule has 2 fully saturated rings. The Balaban J connectivity index is 1.56. The van der Waals surface area contributed by atoms with Gasteiger partial charge in [-0.3, -0.25) is 4.79 Å². The van der Waals surface area contributed by atoms with Crippen LogP contribution in [-0.2, 0) is 9.53 Å². The summed E-state index contributed by atoms with van der Waals surface area (Å²) in [7, 11) is 1.70. The van der Waals surface area contributed by atoms with Crippen LogP contribution in [-0.4, -0.2) is 44.2 Å². The summed E-state index contributed by atoms with van der Waals surface area (Å²) in [5.74, 6) is 1.67. The molecule has 1 heterocycles. The van der Waals surface area contributed by atoms with Gasteiger partial charge in [-0.05, 0) is 44.2 Å². The topological polar surface area (TPSA) is 38.8 Å². The Labute approximate surface area is 145 Å². The minimum atomic E-state index is -0.243. The van der Waals surface area contributed by atoms with Crippen molar-refractivity contribution in [1.29, 1.82) is 0 Å². The predicted octanol–water partition coefficient (Wildman–Crippen LogP) is 3.43. The molecule has 2 aliphatic rings. The van der Waals surface area contributed by atoms with E-state index < -0.39 is 0 Å². The first-order chi connectivity index (χ1) is 11.6. The molecule has 0 aromatic heterocycles. The van der Waals surface area contributed by atoms with Gasteiger partial charge in [0.1, 0.15) is 5.75 Å². The van der Waals surface area contributed by atoms with Crippen molar-refractivity contribution in [2.75, 3.05) is 33.4 Å². The molecule has 0 bridgehead atoms. The van der Waals surface area contributed by atoms with Gasteiger partial charge in [-0.25, -0.2) is 0 Å². The average Bonchev–Trinajstić information content (AvgIpc) is 2.57. The smallest absolute Gasteiger partial charge is 0.231 e. The second-order valence-corrected chi connectivity index (χ2v) is 7.40. The number of carbonyl (C=O) groups excluding carboxylic acids is 1. The van der Waals surface area contributed by atoms with E-state index in [1.165, 1.54) is 0 Å². The summed E-state index contributed by atoms with van der Waals surface area (Å²) in [6.45, 7) is 5.01. The van der Waals surface area contributed by atoms with Gasteiger partial charge in [0, 0.05) is 26.1 Å². The minimum absolute atomic E-state index is 0.243. The summed E-state index contributed by atoms with van der Waals surface area (Å²) in [5.41, 5.74) is 0.919. The van der Waals surface area contributed by atoms with Gasteiger partial charge >= 0.3 is 0 Å². The monoisotopic (exact) mass is 331 g/mol. The molecule has 4 heteroatoms. The first-order valence-corrected chi connectivity index (χ1v) is 9.11. The lowest BCUT2D eigenvalue weighted by atomic mass is 9.68. The van der Waals surface area contributed by atoms with Crippen LogP contribution in [0.25, 0.3) is 0 Å². The van der Waals surface area contributed by atoms with Crippen LogP contribution in [0.15, 0.2) is 24.3 Å². The van der Waals surface area contributed by atoms with Gasteiger partial charge < -0.3 is 14.4 Å². The highest BCUT2D eigenvalue weighted by atomic mass is 16.5. The average molecular weight is 331 g/mol. The van der Waals surface area contributed by atoms with E-state index in [1.807, 2.05) is 18.2 Å². The van der Waals surface area contributed by atoms with Crippen molar-refractivity contribution in [1.82, 2.24) is 4.90 Å². The standard InChI is InChI=1S/C20H29NO3/c1-16-7-3-4-9-18(16)24-14-17-8-5-12-21(13-17)19(22)20(15-23-2)10-6-11-20/h3-4,7,9,17H,5-6,8,10-15H2,1-2H3/t17-/m0/s1. The molecular weight excluding hydrogens is 302 g/mol.